The van der Waals surface area contributed by atoms with Gasteiger partial charge in [0, 0.05) is 18.7 Å². The Morgan fingerprint density at radius 3 is 2.33 bits per heavy atom. The first-order valence-electron chi connectivity index (χ1n) is 5.86. The van der Waals surface area contributed by atoms with E-state index in [2.05, 4.69) is 81.4 Å². The zero-order valence-corrected chi connectivity index (χ0v) is 14.3. The van der Waals surface area contributed by atoms with Crippen LogP contribution in [0.15, 0.2) is 39.3 Å². The highest BCUT2D eigenvalue weighted by atomic mass is 79.9. The molecule has 18 heavy (non-hydrogen) atoms. The maximum Gasteiger partial charge on any atom is 0.0671 e. The second-order valence-corrected chi connectivity index (χ2v) is 7.29. The lowest BCUT2D eigenvalue weighted by Gasteiger charge is -2.17. The van der Waals surface area contributed by atoms with E-state index >= 15 is 0 Å². The highest BCUT2D eigenvalue weighted by Gasteiger charge is 2.15. The van der Waals surface area contributed by atoms with Gasteiger partial charge in [-0.1, -0.05) is 38.8 Å². The topological polar surface area (TPSA) is 12.0 Å². The van der Waals surface area contributed by atoms with E-state index in [9.17, 15) is 0 Å². The van der Waals surface area contributed by atoms with Crippen molar-refractivity contribution in [1.82, 2.24) is 5.32 Å². The van der Waals surface area contributed by atoms with Crippen LogP contribution in [0.5, 0.6) is 0 Å². The molecule has 1 unspecified atom stereocenters. The summed E-state index contributed by atoms with van der Waals surface area (Å²) < 4.78 is 2.20. The van der Waals surface area contributed by atoms with E-state index in [-0.39, 0.29) is 6.04 Å². The number of hydrogen-bond acceptors (Lipinski definition) is 2. The van der Waals surface area contributed by atoms with E-state index in [4.69, 9.17) is 0 Å². The minimum atomic E-state index is 0.266. The van der Waals surface area contributed by atoms with Gasteiger partial charge >= 0.3 is 0 Å². The van der Waals surface area contributed by atoms with E-state index in [1.807, 2.05) is 11.3 Å². The maximum atomic E-state index is 3.56. The normalized spacial score (nSPS) is 12.7. The molecule has 1 aromatic heterocycles. The number of halogens is 2. The molecular weight excluding hydrogens is 374 g/mol. The van der Waals surface area contributed by atoms with Gasteiger partial charge in [0.1, 0.15) is 0 Å². The molecule has 1 atom stereocenters. The average molecular weight is 389 g/mol. The lowest BCUT2D eigenvalue weighted by molar-refractivity contribution is 0.639. The number of rotatable bonds is 4. The van der Waals surface area contributed by atoms with E-state index in [0.29, 0.717) is 0 Å². The van der Waals surface area contributed by atoms with Gasteiger partial charge in [-0.2, -0.15) is 0 Å². The van der Waals surface area contributed by atoms with E-state index < -0.39 is 0 Å². The first-order chi connectivity index (χ1) is 8.60. The minimum Gasteiger partial charge on any atom is -0.306 e. The Labute approximate surface area is 129 Å². The number of benzene rings is 1. The molecule has 0 fully saturated rings. The summed E-state index contributed by atoms with van der Waals surface area (Å²) in [5.74, 6) is 0. The minimum absolute atomic E-state index is 0.266. The van der Waals surface area contributed by atoms with Crippen molar-refractivity contribution in [3.63, 3.8) is 0 Å². The molecule has 0 saturated heterocycles. The third kappa shape index (κ3) is 3.44. The Morgan fingerprint density at radius 1 is 1.17 bits per heavy atom. The molecule has 4 heteroatoms. The molecule has 0 amide bonds. The molecule has 2 rings (SSSR count). The fraction of sp³-hybridized carbons (Fsp3) is 0.286. The molecule has 0 saturated carbocycles. The molecule has 2 aromatic rings. The van der Waals surface area contributed by atoms with Crippen LogP contribution in [0.4, 0.5) is 0 Å². The van der Waals surface area contributed by atoms with Crippen LogP contribution in [-0.2, 0) is 0 Å². The molecule has 0 aliphatic heterocycles. The predicted molar refractivity (Wildman–Crippen MR) is 86.4 cm³/mol. The van der Waals surface area contributed by atoms with Crippen molar-refractivity contribution >= 4 is 43.2 Å². The summed E-state index contributed by atoms with van der Waals surface area (Å²) in [5, 5.41) is 3.55. The third-order valence-electron chi connectivity index (χ3n) is 2.67. The number of nitrogens with one attached hydrogen (secondary N) is 1. The van der Waals surface area contributed by atoms with Gasteiger partial charge in [0.25, 0.3) is 0 Å². The number of hydrogen-bond donors (Lipinski definition) is 1. The largest absolute Gasteiger partial charge is 0.306 e. The zero-order chi connectivity index (χ0) is 13.1. The van der Waals surface area contributed by atoms with Crippen molar-refractivity contribution in [1.29, 1.82) is 0 Å². The monoisotopic (exact) mass is 387 g/mol. The quantitative estimate of drug-likeness (QED) is 0.751. The first kappa shape index (κ1) is 14.3. The van der Waals surface area contributed by atoms with Gasteiger partial charge in [-0.3, -0.25) is 0 Å². The van der Waals surface area contributed by atoms with Crippen LogP contribution in [-0.4, -0.2) is 6.54 Å². The van der Waals surface area contributed by atoms with Crippen molar-refractivity contribution in [2.45, 2.75) is 19.9 Å². The Kier molecular flexibility index (Phi) is 5.01. The summed E-state index contributed by atoms with van der Waals surface area (Å²) in [6.45, 7) is 5.24. The van der Waals surface area contributed by atoms with Gasteiger partial charge in [0.2, 0.25) is 0 Å². The van der Waals surface area contributed by atoms with Gasteiger partial charge in [0.05, 0.1) is 6.04 Å². The zero-order valence-electron chi connectivity index (χ0n) is 10.3. The molecule has 0 bridgehead atoms. The van der Waals surface area contributed by atoms with Crippen LogP contribution < -0.4 is 5.32 Å². The molecule has 0 spiro atoms. The predicted octanol–water partition coefficient (Wildman–Crippen LogP) is 5.28. The molecule has 1 N–H and O–H groups in total. The second kappa shape index (κ2) is 6.33. The van der Waals surface area contributed by atoms with Crippen molar-refractivity contribution in [2.75, 3.05) is 6.54 Å². The van der Waals surface area contributed by atoms with Gasteiger partial charge in [0.15, 0.2) is 0 Å². The summed E-state index contributed by atoms with van der Waals surface area (Å²) >= 11 is 8.96. The van der Waals surface area contributed by atoms with E-state index in [0.717, 1.165) is 15.5 Å². The summed E-state index contributed by atoms with van der Waals surface area (Å²) in [6, 6.07) is 11.1. The van der Waals surface area contributed by atoms with Gasteiger partial charge in [-0.25, -0.2) is 0 Å². The van der Waals surface area contributed by atoms with Gasteiger partial charge in [-0.05, 0) is 49.4 Å². The summed E-state index contributed by atoms with van der Waals surface area (Å²) in [5.41, 5.74) is 1.28. The van der Waals surface area contributed by atoms with Crippen molar-refractivity contribution in [2.24, 2.45) is 0 Å². The lowest BCUT2D eigenvalue weighted by Crippen LogP contribution is -2.21. The molecule has 0 aliphatic rings. The standard InChI is InChI=1S/C14H15Br2NS/c1-3-17-14(13-5-4-9(2)18-13)10-6-11(15)8-12(16)7-10/h4-8,14,17H,3H2,1-2H3. The van der Waals surface area contributed by atoms with E-state index in [1.165, 1.54) is 15.3 Å². The molecule has 0 aliphatic carbocycles. The van der Waals surface area contributed by atoms with Crippen LogP contribution in [0.1, 0.15) is 28.3 Å². The SMILES string of the molecule is CCNC(c1cc(Br)cc(Br)c1)c1ccc(C)s1. The summed E-state index contributed by atoms with van der Waals surface area (Å²) in [6.07, 6.45) is 0. The number of aryl methyl sites for hydroxylation is 1. The molecular formula is C14H15Br2NS. The van der Waals surface area contributed by atoms with Crippen molar-refractivity contribution in [3.05, 3.63) is 54.6 Å². The lowest BCUT2D eigenvalue weighted by atomic mass is 10.1. The smallest absolute Gasteiger partial charge is 0.0671 e. The van der Waals surface area contributed by atoms with Crippen LogP contribution in [0.25, 0.3) is 0 Å². The Bertz CT molecular complexity index is 516. The summed E-state index contributed by atoms with van der Waals surface area (Å²) in [7, 11) is 0. The molecule has 0 radical (unpaired) electrons. The third-order valence-corrected chi connectivity index (χ3v) is 4.65. The molecule has 1 aromatic carbocycles. The fourth-order valence-corrected chi connectivity index (χ4v) is 4.25. The van der Waals surface area contributed by atoms with Crippen molar-refractivity contribution < 1.29 is 0 Å². The first-order valence-corrected chi connectivity index (χ1v) is 8.26. The molecule has 1 heterocycles. The van der Waals surface area contributed by atoms with Crippen LogP contribution in [0.3, 0.4) is 0 Å². The Balaban J connectivity index is 2.40. The fourth-order valence-electron chi connectivity index (χ4n) is 1.94. The summed E-state index contributed by atoms with van der Waals surface area (Å²) in [4.78, 5) is 2.71. The average Bonchev–Trinajstić information content (AvgIpc) is 2.71. The second-order valence-electron chi connectivity index (χ2n) is 4.14. The van der Waals surface area contributed by atoms with Gasteiger partial charge < -0.3 is 5.32 Å². The van der Waals surface area contributed by atoms with E-state index in [1.54, 1.807) is 0 Å². The van der Waals surface area contributed by atoms with Gasteiger partial charge in [-0.15, -0.1) is 11.3 Å². The molecule has 96 valence electrons. The Hall–Kier alpha value is -0.160. The Morgan fingerprint density at radius 2 is 1.83 bits per heavy atom. The maximum absolute atomic E-state index is 3.56. The molecule has 1 nitrogen and oxygen atoms in total. The van der Waals surface area contributed by atoms with Crippen LogP contribution in [0.2, 0.25) is 0 Å². The highest BCUT2D eigenvalue weighted by Crippen LogP contribution is 2.31. The van der Waals surface area contributed by atoms with Crippen LogP contribution in [0, 0.1) is 6.92 Å². The van der Waals surface area contributed by atoms with Crippen molar-refractivity contribution in [3.8, 4) is 0 Å². The van der Waals surface area contributed by atoms with Crippen LogP contribution >= 0.6 is 43.2 Å². The number of thiophene rings is 1. The highest BCUT2D eigenvalue weighted by molar-refractivity contribution is 9.11.